The number of rotatable bonds is 6. The molecule has 2 heterocycles. The summed E-state index contributed by atoms with van der Waals surface area (Å²) in [6.07, 6.45) is 2.71. The topological polar surface area (TPSA) is 111 Å². The van der Waals surface area contributed by atoms with E-state index in [9.17, 15) is 19.5 Å². The van der Waals surface area contributed by atoms with Gasteiger partial charge in [0.2, 0.25) is 0 Å². The number of carbonyl (C=O) groups excluding carboxylic acids is 1. The summed E-state index contributed by atoms with van der Waals surface area (Å²) in [6, 6.07) is 2.24. The van der Waals surface area contributed by atoms with Crippen molar-refractivity contribution in [2.75, 3.05) is 0 Å². The molecule has 0 bridgehead atoms. The largest absolute Gasteiger partial charge is 0.481 e. The summed E-state index contributed by atoms with van der Waals surface area (Å²) in [4.78, 5) is 38.5. The lowest BCUT2D eigenvalue weighted by Crippen LogP contribution is -2.44. The molecule has 0 spiro atoms. The van der Waals surface area contributed by atoms with Gasteiger partial charge >= 0.3 is 11.9 Å². The van der Waals surface area contributed by atoms with E-state index in [0.717, 1.165) is 16.7 Å². The normalized spacial score (nSPS) is 18.0. The molecule has 1 saturated heterocycles. The Hall–Kier alpha value is -2.13. The SMILES string of the molecule is O=C(O)CCC(C(=O)O)N1C(=O)C(=Cc2ccc[nH]2)SC1=S. The maximum Gasteiger partial charge on any atom is 0.326 e. The lowest BCUT2D eigenvalue weighted by atomic mass is 10.1. The Labute approximate surface area is 135 Å². The van der Waals surface area contributed by atoms with Gasteiger partial charge in [-0.2, -0.15) is 0 Å². The number of hydrogen-bond donors (Lipinski definition) is 3. The molecule has 1 unspecified atom stereocenters. The van der Waals surface area contributed by atoms with Crippen LogP contribution in [-0.2, 0) is 14.4 Å². The number of carboxylic acid groups (broad SMARTS) is 2. The van der Waals surface area contributed by atoms with E-state index in [0.29, 0.717) is 10.6 Å². The van der Waals surface area contributed by atoms with E-state index in [2.05, 4.69) is 4.98 Å². The van der Waals surface area contributed by atoms with Crippen LogP contribution in [0.2, 0.25) is 0 Å². The fourth-order valence-corrected chi connectivity index (χ4v) is 3.29. The predicted octanol–water partition coefficient (Wildman–Crippen LogP) is 1.53. The molecule has 0 radical (unpaired) electrons. The molecule has 1 fully saturated rings. The summed E-state index contributed by atoms with van der Waals surface area (Å²) in [6.45, 7) is 0. The molecule has 0 aromatic carbocycles. The van der Waals surface area contributed by atoms with Gasteiger partial charge in [0.15, 0.2) is 0 Å². The number of aliphatic carboxylic acids is 2. The molecule has 116 valence electrons. The highest BCUT2D eigenvalue weighted by molar-refractivity contribution is 8.26. The van der Waals surface area contributed by atoms with Crippen molar-refractivity contribution in [3.63, 3.8) is 0 Å². The summed E-state index contributed by atoms with van der Waals surface area (Å²) >= 11 is 6.07. The van der Waals surface area contributed by atoms with Crippen LogP contribution in [0.4, 0.5) is 0 Å². The molecule has 2 rings (SSSR count). The zero-order chi connectivity index (χ0) is 16.3. The molecule has 7 nitrogen and oxygen atoms in total. The standard InChI is InChI=1S/C13H12N2O5S2/c16-10(17)4-3-8(12(19)20)15-11(18)9(22-13(15)21)6-7-2-1-5-14-7/h1-2,5-6,8,14H,3-4H2,(H,16,17)(H,19,20). The van der Waals surface area contributed by atoms with Crippen molar-refractivity contribution in [3.8, 4) is 0 Å². The van der Waals surface area contributed by atoms with Crippen molar-refractivity contribution in [2.45, 2.75) is 18.9 Å². The van der Waals surface area contributed by atoms with E-state index >= 15 is 0 Å². The van der Waals surface area contributed by atoms with Crippen molar-refractivity contribution in [1.29, 1.82) is 0 Å². The van der Waals surface area contributed by atoms with Crippen LogP contribution in [0.15, 0.2) is 23.2 Å². The van der Waals surface area contributed by atoms with Gasteiger partial charge in [-0.05, 0) is 24.6 Å². The maximum absolute atomic E-state index is 12.4. The Morgan fingerprint density at radius 3 is 2.73 bits per heavy atom. The minimum Gasteiger partial charge on any atom is -0.481 e. The number of carboxylic acids is 2. The molecule has 9 heteroatoms. The molecule has 1 aromatic rings. The molecule has 1 aromatic heterocycles. The van der Waals surface area contributed by atoms with E-state index < -0.39 is 23.9 Å². The van der Waals surface area contributed by atoms with Crippen LogP contribution in [0.3, 0.4) is 0 Å². The van der Waals surface area contributed by atoms with Crippen molar-refractivity contribution >= 4 is 52.2 Å². The summed E-state index contributed by atoms with van der Waals surface area (Å²) in [7, 11) is 0. The van der Waals surface area contributed by atoms with E-state index in [1.54, 1.807) is 24.4 Å². The Balaban J connectivity index is 2.22. The second kappa shape index (κ2) is 6.75. The van der Waals surface area contributed by atoms with E-state index in [1.807, 2.05) is 0 Å². The van der Waals surface area contributed by atoms with Crippen molar-refractivity contribution < 1.29 is 24.6 Å². The van der Waals surface area contributed by atoms with Gasteiger partial charge in [0.1, 0.15) is 10.4 Å². The van der Waals surface area contributed by atoms with Gasteiger partial charge in [-0.1, -0.05) is 24.0 Å². The molecular formula is C13H12N2O5S2. The van der Waals surface area contributed by atoms with Gasteiger partial charge in [-0.3, -0.25) is 14.5 Å². The summed E-state index contributed by atoms with van der Waals surface area (Å²) in [5.41, 5.74) is 0.693. The molecule has 1 aliphatic rings. The summed E-state index contributed by atoms with van der Waals surface area (Å²) in [5.74, 6) is -2.93. The first-order valence-electron chi connectivity index (χ1n) is 6.25. The highest BCUT2D eigenvalue weighted by atomic mass is 32.2. The molecule has 0 saturated carbocycles. The summed E-state index contributed by atoms with van der Waals surface area (Å²) in [5, 5.41) is 17.9. The third-order valence-corrected chi connectivity index (χ3v) is 4.29. The number of thioether (sulfide) groups is 1. The van der Waals surface area contributed by atoms with Crippen molar-refractivity contribution in [2.24, 2.45) is 0 Å². The van der Waals surface area contributed by atoms with Gasteiger partial charge in [-0.15, -0.1) is 0 Å². The molecule has 1 atom stereocenters. The first-order chi connectivity index (χ1) is 10.4. The average molecular weight is 340 g/mol. The minimum absolute atomic E-state index is 0.112. The van der Waals surface area contributed by atoms with Gasteiger partial charge in [0.25, 0.3) is 5.91 Å². The summed E-state index contributed by atoms with van der Waals surface area (Å²) < 4.78 is 0.112. The molecule has 1 aliphatic heterocycles. The molecule has 0 aliphatic carbocycles. The Kier molecular flexibility index (Phi) is 4.99. The zero-order valence-corrected chi connectivity index (χ0v) is 12.8. The van der Waals surface area contributed by atoms with E-state index in [-0.39, 0.29) is 17.2 Å². The number of nitrogens with one attached hydrogen (secondary N) is 1. The van der Waals surface area contributed by atoms with Crippen LogP contribution in [-0.4, -0.2) is 48.3 Å². The highest BCUT2D eigenvalue weighted by Gasteiger charge is 2.40. The van der Waals surface area contributed by atoms with Gasteiger partial charge in [0, 0.05) is 18.3 Å². The number of H-pyrrole nitrogens is 1. The molecule has 22 heavy (non-hydrogen) atoms. The van der Waals surface area contributed by atoms with E-state index in [1.165, 1.54) is 0 Å². The van der Waals surface area contributed by atoms with Gasteiger partial charge < -0.3 is 15.2 Å². The fraction of sp³-hybridized carbons (Fsp3) is 0.231. The smallest absolute Gasteiger partial charge is 0.326 e. The van der Waals surface area contributed by atoms with Crippen molar-refractivity contribution in [3.05, 3.63) is 28.9 Å². The number of aromatic nitrogens is 1. The maximum atomic E-state index is 12.4. The van der Waals surface area contributed by atoms with Gasteiger partial charge in [-0.25, -0.2) is 4.79 Å². The average Bonchev–Trinajstić information content (AvgIpc) is 3.02. The first kappa shape index (κ1) is 16.2. The van der Waals surface area contributed by atoms with Crippen LogP contribution < -0.4 is 0 Å². The monoisotopic (exact) mass is 340 g/mol. The lowest BCUT2D eigenvalue weighted by Gasteiger charge is -2.22. The minimum atomic E-state index is -1.28. The molecular weight excluding hydrogens is 328 g/mol. The van der Waals surface area contributed by atoms with Crippen LogP contribution >= 0.6 is 24.0 Å². The number of nitrogens with zero attached hydrogens (tertiary/aromatic N) is 1. The lowest BCUT2D eigenvalue weighted by molar-refractivity contribution is -0.146. The van der Waals surface area contributed by atoms with Gasteiger partial charge in [0.05, 0.1) is 4.91 Å². The molecule has 3 N–H and O–H groups in total. The Bertz CT molecular complexity index is 653. The number of aromatic amines is 1. The second-order valence-corrected chi connectivity index (χ2v) is 6.14. The first-order valence-corrected chi connectivity index (χ1v) is 7.47. The fourth-order valence-electron chi connectivity index (χ4n) is 1.95. The molecule has 1 amide bonds. The van der Waals surface area contributed by atoms with Crippen LogP contribution in [0, 0.1) is 0 Å². The predicted molar refractivity (Wildman–Crippen MR) is 84.1 cm³/mol. The Morgan fingerprint density at radius 2 is 2.18 bits per heavy atom. The quantitative estimate of drug-likeness (QED) is 0.532. The van der Waals surface area contributed by atoms with E-state index in [4.69, 9.17) is 17.3 Å². The van der Waals surface area contributed by atoms with Crippen LogP contribution in [0.1, 0.15) is 18.5 Å². The van der Waals surface area contributed by atoms with Crippen LogP contribution in [0.25, 0.3) is 6.08 Å². The number of hydrogen-bond acceptors (Lipinski definition) is 5. The number of amides is 1. The number of thiocarbonyl (C=S) groups is 1. The highest BCUT2D eigenvalue weighted by Crippen LogP contribution is 2.34. The van der Waals surface area contributed by atoms with Crippen molar-refractivity contribution in [1.82, 2.24) is 9.88 Å². The second-order valence-electron chi connectivity index (χ2n) is 4.46. The Morgan fingerprint density at radius 1 is 1.45 bits per heavy atom. The van der Waals surface area contributed by atoms with Crippen LogP contribution in [0.5, 0.6) is 0 Å². The third-order valence-electron chi connectivity index (χ3n) is 2.96. The number of carbonyl (C=O) groups is 3. The third kappa shape index (κ3) is 3.55. The zero-order valence-electron chi connectivity index (χ0n) is 11.2.